The van der Waals surface area contributed by atoms with E-state index in [0.29, 0.717) is 6.61 Å². The first kappa shape index (κ1) is 11.1. The molecule has 0 heterocycles. The molecule has 0 aromatic heterocycles. The third-order valence-electron chi connectivity index (χ3n) is 1.64. The van der Waals surface area contributed by atoms with Gasteiger partial charge in [-0.05, 0) is 13.8 Å². The molecule has 12 heavy (non-hydrogen) atoms. The molecule has 0 aliphatic heterocycles. The van der Waals surface area contributed by atoms with Crippen LogP contribution < -0.4 is 0 Å². The Morgan fingerprint density at radius 3 is 2.08 bits per heavy atom. The number of ketones is 1. The molecule has 1 atom stereocenters. The van der Waals surface area contributed by atoms with Crippen molar-refractivity contribution < 1.29 is 14.3 Å². The molecule has 0 aliphatic rings. The summed E-state index contributed by atoms with van der Waals surface area (Å²) in [6.45, 7) is 7.19. The molecular weight excluding hydrogens is 156 g/mol. The van der Waals surface area contributed by atoms with Gasteiger partial charge in [0.2, 0.25) is 0 Å². The molecule has 0 rings (SSSR count). The zero-order valence-corrected chi connectivity index (χ0v) is 8.09. The molecule has 0 aromatic rings. The molecule has 0 bridgehead atoms. The van der Waals surface area contributed by atoms with Gasteiger partial charge in [-0.3, -0.25) is 9.59 Å². The van der Waals surface area contributed by atoms with Gasteiger partial charge in [0.05, 0.1) is 6.61 Å². The van der Waals surface area contributed by atoms with E-state index in [0.717, 1.165) is 0 Å². The first-order valence-electron chi connectivity index (χ1n) is 4.21. The van der Waals surface area contributed by atoms with Gasteiger partial charge in [0.25, 0.3) is 0 Å². The lowest BCUT2D eigenvalue weighted by Crippen LogP contribution is -2.26. The number of carbonyl (C=O) groups is 2. The third-order valence-corrected chi connectivity index (χ3v) is 1.64. The predicted molar refractivity (Wildman–Crippen MR) is 45.6 cm³/mol. The first-order valence-corrected chi connectivity index (χ1v) is 4.21. The quantitative estimate of drug-likeness (QED) is 0.475. The number of Topliss-reactive ketones (excluding diaryl/α,β-unsaturated/α-hetero) is 1. The van der Waals surface area contributed by atoms with E-state index >= 15 is 0 Å². The van der Waals surface area contributed by atoms with E-state index < -0.39 is 11.9 Å². The highest BCUT2D eigenvalue weighted by molar-refractivity contribution is 5.99. The molecule has 0 amide bonds. The van der Waals surface area contributed by atoms with Crippen LogP contribution in [0.5, 0.6) is 0 Å². The van der Waals surface area contributed by atoms with E-state index in [4.69, 9.17) is 4.74 Å². The number of hydrogen-bond donors (Lipinski definition) is 0. The lowest BCUT2D eigenvalue weighted by molar-refractivity contribution is -0.151. The van der Waals surface area contributed by atoms with E-state index in [2.05, 4.69) is 0 Å². The summed E-state index contributed by atoms with van der Waals surface area (Å²) in [6, 6.07) is 0. The molecule has 0 spiro atoms. The van der Waals surface area contributed by atoms with Gasteiger partial charge in [-0.1, -0.05) is 13.8 Å². The topological polar surface area (TPSA) is 43.4 Å². The molecule has 0 aromatic carbocycles. The van der Waals surface area contributed by atoms with Crippen LogP contribution in [0.3, 0.4) is 0 Å². The van der Waals surface area contributed by atoms with E-state index in [1.54, 1.807) is 27.7 Å². The maximum absolute atomic E-state index is 11.3. The minimum atomic E-state index is -0.620. The Labute approximate surface area is 73.1 Å². The van der Waals surface area contributed by atoms with Crippen LogP contribution in [-0.4, -0.2) is 18.4 Å². The van der Waals surface area contributed by atoms with Crippen LogP contribution in [0.25, 0.3) is 0 Å². The summed E-state index contributed by atoms with van der Waals surface area (Å²) in [5, 5.41) is 0. The Bertz CT molecular complexity index is 173. The number of carbonyl (C=O) groups excluding carboxylic acids is 2. The molecule has 0 saturated carbocycles. The molecular formula is C9H16O3. The Morgan fingerprint density at radius 2 is 1.75 bits per heavy atom. The highest BCUT2D eigenvalue weighted by atomic mass is 16.5. The van der Waals surface area contributed by atoms with Crippen LogP contribution in [0, 0.1) is 11.8 Å². The van der Waals surface area contributed by atoms with Crippen molar-refractivity contribution in [1.82, 2.24) is 0 Å². The molecule has 0 fully saturated rings. The van der Waals surface area contributed by atoms with Gasteiger partial charge in [0, 0.05) is 5.92 Å². The summed E-state index contributed by atoms with van der Waals surface area (Å²) >= 11 is 0. The summed E-state index contributed by atoms with van der Waals surface area (Å²) < 4.78 is 4.72. The minimum absolute atomic E-state index is 0.0616. The van der Waals surface area contributed by atoms with Gasteiger partial charge in [-0.15, -0.1) is 0 Å². The second-order valence-electron chi connectivity index (χ2n) is 3.03. The van der Waals surface area contributed by atoms with E-state index in [-0.39, 0.29) is 11.7 Å². The minimum Gasteiger partial charge on any atom is -0.465 e. The summed E-state index contributed by atoms with van der Waals surface area (Å²) in [6.07, 6.45) is 0. The summed E-state index contributed by atoms with van der Waals surface area (Å²) in [5.74, 6) is -1.21. The number of hydrogen-bond acceptors (Lipinski definition) is 3. The number of esters is 1. The highest BCUT2D eigenvalue weighted by Gasteiger charge is 2.24. The largest absolute Gasteiger partial charge is 0.465 e. The summed E-state index contributed by atoms with van der Waals surface area (Å²) in [4.78, 5) is 22.3. The van der Waals surface area contributed by atoms with Crippen molar-refractivity contribution in [2.45, 2.75) is 27.7 Å². The Hall–Kier alpha value is -0.860. The van der Waals surface area contributed by atoms with Crippen LogP contribution in [-0.2, 0) is 14.3 Å². The highest BCUT2D eigenvalue weighted by Crippen LogP contribution is 2.07. The van der Waals surface area contributed by atoms with E-state index in [1.807, 2.05) is 0 Å². The fourth-order valence-corrected chi connectivity index (χ4v) is 0.883. The molecule has 70 valence electrons. The average Bonchev–Trinajstić information content (AvgIpc) is 2.02. The number of rotatable bonds is 4. The molecule has 0 unspecified atom stereocenters. The predicted octanol–water partition coefficient (Wildman–Crippen LogP) is 1.41. The van der Waals surface area contributed by atoms with Gasteiger partial charge < -0.3 is 4.74 Å². The molecule has 0 aliphatic carbocycles. The summed E-state index contributed by atoms with van der Waals surface area (Å²) in [5.41, 5.74) is 0. The maximum Gasteiger partial charge on any atom is 0.316 e. The lowest BCUT2D eigenvalue weighted by Gasteiger charge is -2.11. The maximum atomic E-state index is 11.3. The lowest BCUT2D eigenvalue weighted by atomic mass is 9.97. The van der Waals surface area contributed by atoms with Crippen LogP contribution in [0.4, 0.5) is 0 Å². The molecule has 0 saturated heterocycles. The normalized spacial score (nSPS) is 12.8. The fourth-order valence-electron chi connectivity index (χ4n) is 0.883. The van der Waals surface area contributed by atoms with Crippen molar-refractivity contribution in [2.75, 3.05) is 6.61 Å². The fraction of sp³-hybridized carbons (Fsp3) is 0.778. The van der Waals surface area contributed by atoms with Crippen molar-refractivity contribution in [3.8, 4) is 0 Å². The van der Waals surface area contributed by atoms with Crippen molar-refractivity contribution in [1.29, 1.82) is 0 Å². The van der Waals surface area contributed by atoms with Gasteiger partial charge in [-0.25, -0.2) is 0 Å². The Morgan fingerprint density at radius 1 is 1.25 bits per heavy atom. The summed E-state index contributed by atoms with van der Waals surface area (Å²) in [7, 11) is 0. The van der Waals surface area contributed by atoms with Gasteiger partial charge in [-0.2, -0.15) is 0 Å². The molecule has 3 nitrogen and oxygen atoms in total. The molecule has 0 radical (unpaired) electrons. The van der Waals surface area contributed by atoms with E-state index in [9.17, 15) is 9.59 Å². The Kier molecular flexibility index (Phi) is 4.55. The monoisotopic (exact) mass is 172 g/mol. The molecule has 0 N–H and O–H groups in total. The van der Waals surface area contributed by atoms with Crippen molar-refractivity contribution in [2.24, 2.45) is 11.8 Å². The standard InChI is InChI=1S/C9H16O3/c1-5-12-9(11)7(4)8(10)6(2)3/h6-7H,5H2,1-4H3/t7-/m1/s1. The van der Waals surface area contributed by atoms with Crippen LogP contribution in [0.1, 0.15) is 27.7 Å². The van der Waals surface area contributed by atoms with Crippen molar-refractivity contribution >= 4 is 11.8 Å². The molecule has 3 heteroatoms. The first-order chi connectivity index (χ1) is 5.50. The average molecular weight is 172 g/mol. The van der Waals surface area contributed by atoms with Gasteiger partial charge >= 0.3 is 5.97 Å². The van der Waals surface area contributed by atoms with Crippen molar-refractivity contribution in [3.63, 3.8) is 0 Å². The van der Waals surface area contributed by atoms with E-state index in [1.165, 1.54) is 0 Å². The zero-order chi connectivity index (χ0) is 9.72. The second-order valence-corrected chi connectivity index (χ2v) is 3.03. The SMILES string of the molecule is CCOC(=O)[C@H](C)C(=O)C(C)C. The third kappa shape index (κ3) is 3.03. The van der Waals surface area contributed by atoms with Crippen LogP contribution in [0.2, 0.25) is 0 Å². The van der Waals surface area contributed by atoms with Gasteiger partial charge in [0.15, 0.2) is 0 Å². The van der Waals surface area contributed by atoms with Gasteiger partial charge in [0.1, 0.15) is 11.7 Å². The Balaban J connectivity index is 4.10. The second kappa shape index (κ2) is 4.91. The zero-order valence-electron chi connectivity index (χ0n) is 8.09. The van der Waals surface area contributed by atoms with Crippen molar-refractivity contribution in [3.05, 3.63) is 0 Å². The van der Waals surface area contributed by atoms with Crippen LogP contribution >= 0.6 is 0 Å². The smallest absolute Gasteiger partial charge is 0.316 e. The van der Waals surface area contributed by atoms with Crippen LogP contribution in [0.15, 0.2) is 0 Å². The number of ether oxygens (including phenoxy) is 1.